The van der Waals surface area contributed by atoms with Gasteiger partial charge in [0.2, 0.25) is 9.84 Å². The number of hydrogen-bond acceptors (Lipinski definition) is 4. The summed E-state index contributed by atoms with van der Waals surface area (Å²) in [7, 11) is -3.91. The number of anilines is 1. The molecule has 1 aliphatic heterocycles. The topological polar surface area (TPSA) is 92.3 Å². The molecule has 0 saturated carbocycles. The zero-order valence-electron chi connectivity index (χ0n) is 15.0. The molecule has 2 N–H and O–H groups in total. The van der Waals surface area contributed by atoms with Crippen LogP contribution in [0, 0.1) is 0 Å². The number of halogens is 1. The van der Waals surface area contributed by atoms with E-state index in [4.69, 9.17) is 11.6 Å². The fourth-order valence-electron chi connectivity index (χ4n) is 3.12. The van der Waals surface area contributed by atoms with Crippen LogP contribution in [0.1, 0.15) is 26.3 Å². The molecule has 0 fully saturated rings. The number of amides is 2. The molecular weight excluding hydrogens is 412 g/mol. The number of sulfone groups is 1. The van der Waals surface area contributed by atoms with E-state index >= 15 is 0 Å². The molecule has 3 aromatic carbocycles. The van der Waals surface area contributed by atoms with Gasteiger partial charge in [-0.15, -0.1) is 0 Å². The minimum Gasteiger partial charge on any atom is -0.348 e. The molecule has 4 rings (SSSR count). The molecule has 0 atom stereocenters. The van der Waals surface area contributed by atoms with Crippen LogP contribution in [0.4, 0.5) is 5.69 Å². The summed E-state index contributed by atoms with van der Waals surface area (Å²) >= 11 is 6.09. The van der Waals surface area contributed by atoms with Crippen molar-refractivity contribution in [3.05, 3.63) is 88.4 Å². The van der Waals surface area contributed by atoms with Crippen molar-refractivity contribution in [3.8, 4) is 0 Å². The minimum absolute atomic E-state index is 0.0570. The predicted molar refractivity (Wildman–Crippen MR) is 109 cm³/mol. The van der Waals surface area contributed by atoms with Crippen molar-refractivity contribution in [1.82, 2.24) is 5.32 Å². The molecule has 1 heterocycles. The van der Waals surface area contributed by atoms with Crippen LogP contribution >= 0.6 is 11.6 Å². The average molecular weight is 427 g/mol. The third kappa shape index (κ3) is 3.50. The maximum Gasteiger partial charge on any atom is 0.257 e. The largest absolute Gasteiger partial charge is 0.348 e. The van der Waals surface area contributed by atoms with Crippen LogP contribution in [0.5, 0.6) is 0 Å². The Balaban J connectivity index is 1.66. The predicted octanol–water partition coefficient (Wildman–Crippen LogP) is 3.67. The Morgan fingerprint density at radius 2 is 1.69 bits per heavy atom. The van der Waals surface area contributed by atoms with Crippen LogP contribution in [-0.4, -0.2) is 20.2 Å². The van der Waals surface area contributed by atoms with Crippen molar-refractivity contribution < 1.29 is 18.0 Å². The first-order chi connectivity index (χ1) is 13.9. The molecule has 0 spiro atoms. The smallest absolute Gasteiger partial charge is 0.257 e. The van der Waals surface area contributed by atoms with Gasteiger partial charge in [-0.3, -0.25) is 9.59 Å². The summed E-state index contributed by atoms with van der Waals surface area (Å²) in [4.78, 5) is 24.9. The lowest BCUT2D eigenvalue weighted by molar-refractivity contribution is 0.0949. The first kappa shape index (κ1) is 19.2. The van der Waals surface area contributed by atoms with Gasteiger partial charge in [0.05, 0.1) is 21.0 Å². The summed E-state index contributed by atoms with van der Waals surface area (Å²) < 4.78 is 26.0. The number of carbonyl (C=O) groups excluding carboxylic acids is 2. The average Bonchev–Trinajstić information content (AvgIpc) is 2.80. The van der Waals surface area contributed by atoms with Gasteiger partial charge in [-0.25, -0.2) is 8.42 Å². The third-order valence-electron chi connectivity index (χ3n) is 4.60. The van der Waals surface area contributed by atoms with Crippen LogP contribution in [0.25, 0.3) is 0 Å². The van der Waals surface area contributed by atoms with Gasteiger partial charge in [-0.05, 0) is 42.0 Å². The van der Waals surface area contributed by atoms with E-state index in [-0.39, 0.29) is 33.2 Å². The third-order valence-corrected chi connectivity index (χ3v) is 6.84. The molecule has 1 aliphatic rings. The highest BCUT2D eigenvalue weighted by Gasteiger charge is 2.31. The Morgan fingerprint density at radius 3 is 2.48 bits per heavy atom. The van der Waals surface area contributed by atoms with E-state index in [0.717, 1.165) is 5.56 Å². The van der Waals surface area contributed by atoms with E-state index in [1.807, 2.05) is 6.07 Å². The number of benzene rings is 3. The second-order valence-corrected chi connectivity index (χ2v) is 8.73. The highest BCUT2D eigenvalue weighted by molar-refractivity contribution is 7.91. The van der Waals surface area contributed by atoms with E-state index in [1.54, 1.807) is 30.3 Å². The lowest BCUT2D eigenvalue weighted by atomic mass is 10.1. The quantitative estimate of drug-likeness (QED) is 0.668. The van der Waals surface area contributed by atoms with Gasteiger partial charge in [0.15, 0.2) is 0 Å². The van der Waals surface area contributed by atoms with E-state index < -0.39 is 21.7 Å². The zero-order valence-corrected chi connectivity index (χ0v) is 16.5. The van der Waals surface area contributed by atoms with Crippen molar-refractivity contribution in [2.45, 2.75) is 16.3 Å². The standard InChI is InChI=1S/C21H15ClN2O4S/c22-16-7-3-1-5-14(16)12-23-20(25)13-9-10-19-17(11-13)24-21(26)15-6-2-4-8-18(15)29(19,27)28/h1-11H,12H2,(H,23,25)(H,24,26). The van der Waals surface area contributed by atoms with Crippen LogP contribution in [-0.2, 0) is 16.4 Å². The molecular formula is C21H15ClN2O4S. The molecule has 8 heteroatoms. The van der Waals surface area contributed by atoms with Gasteiger partial charge >= 0.3 is 0 Å². The second kappa shape index (κ2) is 7.35. The molecule has 0 radical (unpaired) electrons. The number of rotatable bonds is 3. The van der Waals surface area contributed by atoms with Gasteiger partial charge in [0.25, 0.3) is 11.8 Å². The number of hydrogen-bond donors (Lipinski definition) is 2. The lowest BCUT2D eigenvalue weighted by Crippen LogP contribution is -2.23. The first-order valence-electron chi connectivity index (χ1n) is 8.69. The van der Waals surface area contributed by atoms with Crippen LogP contribution in [0.3, 0.4) is 0 Å². The summed E-state index contributed by atoms with van der Waals surface area (Å²) in [6.07, 6.45) is 0. The molecule has 2 amide bonds. The molecule has 6 nitrogen and oxygen atoms in total. The van der Waals surface area contributed by atoms with Crippen molar-refractivity contribution in [1.29, 1.82) is 0 Å². The fourth-order valence-corrected chi connectivity index (χ4v) is 4.91. The summed E-state index contributed by atoms with van der Waals surface area (Å²) in [5.74, 6) is -0.960. The van der Waals surface area contributed by atoms with Crippen molar-refractivity contribution in [3.63, 3.8) is 0 Å². The van der Waals surface area contributed by atoms with E-state index in [1.165, 1.54) is 30.3 Å². The molecule has 29 heavy (non-hydrogen) atoms. The van der Waals surface area contributed by atoms with E-state index in [9.17, 15) is 18.0 Å². The van der Waals surface area contributed by atoms with Crippen molar-refractivity contribution >= 4 is 38.9 Å². The Bertz CT molecular complexity index is 1260. The van der Waals surface area contributed by atoms with Crippen molar-refractivity contribution in [2.75, 3.05) is 5.32 Å². The number of fused-ring (bicyclic) bond motifs is 2. The summed E-state index contributed by atoms with van der Waals surface area (Å²) in [5, 5.41) is 5.87. The van der Waals surface area contributed by atoms with Crippen LogP contribution < -0.4 is 10.6 Å². The summed E-state index contributed by atoms with van der Waals surface area (Å²) in [5.41, 5.74) is 1.10. The Labute approximate surface area is 172 Å². The van der Waals surface area contributed by atoms with E-state index in [2.05, 4.69) is 10.6 Å². The molecule has 0 bridgehead atoms. The maximum atomic E-state index is 13.0. The molecule has 0 unspecified atom stereocenters. The molecule has 3 aromatic rings. The SMILES string of the molecule is O=C(NCc1ccccc1Cl)c1ccc2c(c1)NC(=O)c1ccccc1S2(=O)=O. The van der Waals surface area contributed by atoms with Gasteiger partial charge in [0, 0.05) is 17.1 Å². The second-order valence-electron chi connectivity index (χ2n) is 6.44. The van der Waals surface area contributed by atoms with Gasteiger partial charge in [-0.2, -0.15) is 0 Å². The monoisotopic (exact) mass is 426 g/mol. The minimum atomic E-state index is -3.91. The Kier molecular flexibility index (Phi) is 4.86. The molecule has 0 aliphatic carbocycles. The van der Waals surface area contributed by atoms with Crippen LogP contribution in [0.2, 0.25) is 5.02 Å². The fraction of sp³-hybridized carbons (Fsp3) is 0.0476. The van der Waals surface area contributed by atoms with Gasteiger partial charge in [0.1, 0.15) is 0 Å². The van der Waals surface area contributed by atoms with Gasteiger partial charge in [-0.1, -0.05) is 41.9 Å². The Morgan fingerprint density at radius 1 is 0.966 bits per heavy atom. The highest BCUT2D eigenvalue weighted by atomic mass is 35.5. The van der Waals surface area contributed by atoms with E-state index in [0.29, 0.717) is 5.02 Å². The summed E-state index contributed by atoms with van der Waals surface area (Å²) in [6.45, 7) is 0.214. The highest BCUT2D eigenvalue weighted by Crippen LogP contribution is 2.34. The normalized spacial score (nSPS) is 14.2. The number of nitrogens with one attached hydrogen (secondary N) is 2. The molecule has 0 saturated heterocycles. The molecule has 146 valence electrons. The van der Waals surface area contributed by atoms with Gasteiger partial charge < -0.3 is 10.6 Å². The summed E-state index contributed by atoms with van der Waals surface area (Å²) in [6, 6.07) is 17.2. The first-order valence-corrected chi connectivity index (χ1v) is 10.5. The maximum absolute atomic E-state index is 13.0. The zero-order chi connectivity index (χ0) is 20.6. The molecule has 0 aromatic heterocycles. The Hall–Kier alpha value is -3.16. The van der Waals surface area contributed by atoms with Crippen molar-refractivity contribution in [2.24, 2.45) is 0 Å². The lowest BCUT2D eigenvalue weighted by Gasteiger charge is -2.11. The number of carbonyl (C=O) groups is 2. The van der Waals surface area contributed by atoms with Crippen LogP contribution in [0.15, 0.2) is 76.5 Å².